The Kier molecular flexibility index (Phi) is 7.90. The van der Waals surface area contributed by atoms with Gasteiger partial charge in [0.05, 0.1) is 25.2 Å². The fraction of sp³-hybridized carbons (Fsp3) is 0.381. The smallest absolute Gasteiger partial charge is 0.248 e. The summed E-state index contributed by atoms with van der Waals surface area (Å²) in [7, 11) is -3.70. The van der Waals surface area contributed by atoms with E-state index < -0.39 is 22.0 Å². The molecule has 0 spiro atoms. The molecule has 1 amide bonds. The predicted molar refractivity (Wildman–Crippen MR) is 115 cm³/mol. The van der Waals surface area contributed by atoms with Crippen LogP contribution in [-0.2, 0) is 14.8 Å². The van der Waals surface area contributed by atoms with E-state index in [1.165, 1.54) is 0 Å². The molecule has 8 heteroatoms. The molecule has 0 saturated heterocycles. The van der Waals surface area contributed by atoms with Crippen molar-refractivity contribution in [2.24, 2.45) is 0 Å². The number of nitrogens with one attached hydrogen (secondary N) is 1. The molecule has 0 heterocycles. The predicted octanol–water partition coefficient (Wildman–Crippen LogP) is 3.67. The number of carbonyl (C=O) groups excluding carboxylic acids is 1. The van der Waals surface area contributed by atoms with Crippen LogP contribution < -0.4 is 19.1 Å². The van der Waals surface area contributed by atoms with E-state index in [1.807, 2.05) is 13.8 Å². The van der Waals surface area contributed by atoms with Gasteiger partial charge in [-0.25, -0.2) is 8.42 Å². The molecule has 0 aliphatic carbocycles. The first-order valence-electron chi connectivity index (χ1n) is 9.56. The van der Waals surface area contributed by atoms with Crippen molar-refractivity contribution in [2.75, 3.05) is 29.1 Å². The molecule has 1 N–H and O–H groups in total. The third-order valence-corrected chi connectivity index (χ3v) is 5.32. The minimum Gasteiger partial charge on any atom is -0.494 e. The Morgan fingerprint density at radius 2 is 1.62 bits per heavy atom. The maximum atomic E-state index is 13.0. The maximum absolute atomic E-state index is 13.0. The van der Waals surface area contributed by atoms with Crippen molar-refractivity contribution in [2.45, 2.75) is 33.2 Å². The summed E-state index contributed by atoms with van der Waals surface area (Å²) in [6, 6.07) is 12.7. The minimum atomic E-state index is -3.70. The van der Waals surface area contributed by atoms with Crippen LogP contribution in [0.2, 0.25) is 0 Å². The number of carbonyl (C=O) groups is 1. The molecule has 0 unspecified atom stereocenters. The molecule has 29 heavy (non-hydrogen) atoms. The zero-order chi connectivity index (χ0) is 21.4. The SMILES string of the molecule is CCOc1ccc(N([C@@H](CC)C(=O)Nc2cccc(OCC)c2)S(C)(=O)=O)cc1. The number of benzene rings is 2. The molecule has 0 aliphatic heterocycles. The van der Waals surface area contributed by atoms with Gasteiger partial charge < -0.3 is 14.8 Å². The van der Waals surface area contributed by atoms with Crippen molar-refractivity contribution >= 4 is 27.3 Å². The number of sulfonamides is 1. The van der Waals surface area contributed by atoms with Crippen LogP contribution >= 0.6 is 0 Å². The lowest BCUT2D eigenvalue weighted by atomic mass is 10.1. The second-order valence-corrected chi connectivity index (χ2v) is 8.22. The fourth-order valence-corrected chi connectivity index (χ4v) is 4.18. The lowest BCUT2D eigenvalue weighted by Crippen LogP contribution is -2.47. The molecule has 7 nitrogen and oxygen atoms in total. The van der Waals surface area contributed by atoms with Crippen molar-refractivity contribution in [3.8, 4) is 11.5 Å². The van der Waals surface area contributed by atoms with E-state index in [1.54, 1.807) is 55.5 Å². The van der Waals surface area contributed by atoms with E-state index >= 15 is 0 Å². The van der Waals surface area contributed by atoms with Crippen molar-refractivity contribution in [3.05, 3.63) is 48.5 Å². The van der Waals surface area contributed by atoms with Crippen LogP contribution in [0.4, 0.5) is 11.4 Å². The average molecular weight is 421 g/mol. The highest BCUT2D eigenvalue weighted by Crippen LogP contribution is 2.26. The second kappa shape index (κ2) is 10.2. The molecule has 0 bridgehead atoms. The van der Waals surface area contributed by atoms with Crippen LogP contribution in [0.5, 0.6) is 11.5 Å². The van der Waals surface area contributed by atoms with Gasteiger partial charge in [0.1, 0.15) is 17.5 Å². The van der Waals surface area contributed by atoms with E-state index in [-0.39, 0.29) is 0 Å². The normalized spacial score (nSPS) is 12.1. The Morgan fingerprint density at radius 3 is 2.17 bits per heavy atom. The zero-order valence-corrected chi connectivity index (χ0v) is 18.0. The van der Waals surface area contributed by atoms with Gasteiger partial charge in [-0.15, -0.1) is 0 Å². The average Bonchev–Trinajstić information content (AvgIpc) is 2.66. The van der Waals surface area contributed by atoms with Crippen LogP contribution in [0.25, 0.3) is 0 Å². The quantitative estimate of drug-likeness (QED) is 0.634. The Hall–Kier alpha value is -2.74. The van der Waals surface area contributed by atoms with E-state index in [2.05, 4.69) is 5.32 Å². The van der Waals surface area contributed by atoms with Crippen molar-refractivity contribution in [3.63, 3.8) is 0 Å². The first-order chi connectivity index (χ1) is 13.8. The Labute approximate surface area is 172 Å². The van der Waals surface area contributed by atoms with Gasteiger partial charge in [0.2, 0.25) is 15.9 Å². The van der Waals surface area contributed by atoms with Crippen LogP contribution in [0.15, 0.2) is 48.5 Å². The maximum Gasteiger partial charge on any atom is 0.248 e. The lowest BCUT2D eigenvalue weighted by molar-refractivity contribution is -0.117. The van der Waals surface area contributed by atoms with Crippen molar-refractivity contribution in [1.29, 1.82) is 0 Å². The first-order valence-corrected chi connectivity index (χ1v) is 11.4. The number of hydrogen-bond donors (Lipinski definition) is 1. The molecular formula is C21H28N2O5S. The molecule has 2 aromatic rings. The molecule has 0 saturated carbocycles. The first kappa shape index (κ1) is 22.5. The Balaban J connectivity index is 2.30. The van der Waals surface area contributed by atoms with Gasteiger partial charge in [-0.1, -0.05) is 13.0 Å². The van der Waals surface area contributed by atoms with Gasteiger partial charge >= 0.3 is 0 Å². The van der Waals surface area contributed by atoms with E-state index in [0.29, 0.717) is 42.5 Å². The molecule has 1 atom stereocenters. The van der Waals surface area contributed by atoms with Crippen molar-refractivity contribution in [1.82, 2.24) is 0 Å². The van der Waals surface area contributed by atoms with Gasteiger partial charge in [0.15, 0.2) is 0 Å². The molecule has 0 aliphatic rings. The van der Waals surface area contributed by atoms with E-state index in [4.69, 9.17) is 9.47 Å². The van der Waals surface area contributed by atoms with Gasteiger partial charge in [-0.2, -0.15) is 0 Å². The van der Waals surface area contributed by atoms with Gasteiger partial charge in [0.25, 0.3) is 0 Å². The molecule has 2 aromatic carbocycles. The molecule has 158 valence electrons. The summed E-state index contributed by atoms with van der Waals surface area (Å²) >= 11 is 0. The second-order valence-electron chi connectivity index (χ2n) is 6.36. The van der Waals surface area contributed by atoms with E-state index in [9.17, 15) is 13.2 Å². The summed E-state index contributed by atoms with van der Waals surface area (Å²) in [5, 5.41) is 2.80. The highest BCUT2D eigenvalue weighted by Gasteiger charge is 2.31. The zero-order valence-electron chi connectivity index (χ0n) is 17.2. The lowest BCUT2D eigenvalue weighted by Gasteiger charge is -2.30. The van der Waals surface area contributed by atoms with Crippen LogP contribution in [0, 0.1) is 0 Å². The molecule has 0 aromatic heterocycles. The molecular weight excluding hydrogens is 392 g/mol. The standard InChI is InChI=1S/C21H28N2O5S/c1-5-20(21(24)22-16-9-8-10-19(15-16)28-7-3)23(29(4,25)26)17-11-13-18(14-12-17)27-6-2/h8-15,20H,5-7H2,1-4H3,(H,22,24)/t20-/m0/s1. The van der Waals surface area contributed by atoms with Crippen molar-refractivity contribution < 1.29 is 22.7 Å². The summed E-state index contributed by atoms with van der Waals surface area (Å²) in [4.78, 5) is 13.0. The third-order valence-electron chi connectivity index (χ3n) is 4.14. The van der Waals surface area contributed by atoms with Gasteiger partial charge in [-0.05, 0) is 56.7 Å². The molecule has 2 rings (SSSR count). The van der Waals surface area contributed by atoms with Gasteiger partial charge in [0, 0.05) is 11.8 Å². The third kappa shape index (κ3) is 6.12. The van der Waals surface area contributed by atoms with Gasteiger partial charge in [-0.3, -0.25) is 9.10 Å². The number of ether oxygens (including phenoxy) is 2. The topological polar surface area (TPSA) is 84.9 Å². The number of rotatable bonds is 10. The minimum absolute atomic E-state index is 0.303. The molecule has 0 fully saturated rings. The van der Waals surface area contributed by atoms with E-state index in [0.717, 1.165) is 10.6 Å². The Morgan fingerprint density at radius 1 is 1.00 bits per heavy atom. The fourth-order valence-electron chi connectivity index (χ4n) is 2.97. The Bertz CT molecular complexity index is 913. The highest BCUT2D eigenvalue weighted by molar-refractivity contribution is 7.92. The number of nitrogens with zero attached hydrogens (tertiary/aromatic N) is 1. The summed E-state index contributed by atoms with van der Waals surface area (Å²) in [6.45, 7) is 6.53. The van der Waals surface area contributed by atoms with Crippen LogP contribution in [-0.4, -0.2) is 39.8 Å². The number of amides is 1. The summed E-state index contributed by atoms with van der Waals surface area (Å²) in [6.07, 6.45) is 1.40. The largest absolute Gasteiger partial charge is 0.494 e. The summed E-state index contributed by atoms with van der Waals surface area (Å²) in [5.41, 5.74) is 0.945. The number of hydrogen-bond acceptors (Lipinski definition) is 5. The summed E-state index contributed by atoms with van der Waals surface area (Å²) in [5.74, 6) is 0.847. The summed E-state index contributed by atoms with van der Waals surface area (Å²) < 4.78 is 37.1. The van der Waals surface area contributed by atoms with Crippen LogP contribution in [0.3, 0.4) is 0 Å². The molecule has 0 radical (unpaired) electrons. The number of anilines is 2. The van der Waals surface area contributed by atoms with Crippen LogP contribution in [0.1, 0.15) is 27.2 Å². The highest BCUT2D eigenvalue weighted by atomic mass is 32.2. The monoisotopic (exact) mass is 420 g/mol.